The number of fused-ring (bicyclic) bond motifs is 1. The molecule has 2 N–H and O–H groups in total. The van der Waals surface area contributed by atoms with Gasteiger partial charge in [-0.1, -0.05) is 0 Å². The van der Waals surface area contributed by atoms with Crippen molar-refractivity contribution < 1.29 is 9.13 Å². The number of nitrogen functional groups attached to an aromatic ring is 1. The van der Waals surface area contributed by atoms with Gasteiger partial charge >= 0.3 is 0 Å². The van der Waals surface area contributed by atoms with Gasteiger partial charge in [-0.25, -0.2) is 14.4 Å². The van der Waals surface area contributed by atoms with Gasteiger partial charge in [0, 0.05) is 0 Å². The number of aromatic nitrogens is 2. The first-order valence-electron chi connectivity index (χ1n) is 4.08. The van der Waals surface area contributed by atoms with E-state index in [2.05, 4.69) is 9.97 Å². The fraction of sp³-hybridized carbons (Fsp3) is 0.111. The molecular weight excluding hydrogens is 221 g/mol. The van der Waals surface area contributed by atoms with Gasteiger partial charge in [-0.2, -0.15) is 0 Å². The fourth-order valence-corrected chi connectivity index (χ4v) is 1.52. The Morgan fingerprint density at radius 3 is 2.80 bits per heavy atom. The molecule has 1 aromatic heterocycles. The Hall–Kier alpha value is -1.62. The van der Waals surface area contributed by atoms with Crippen LogP contribution in [0.15, 0.2) is 12.1 Å². The molecule has 0 aliphatic carbocycles. The van der Waals surface area contributed by atoms with E-state index in [9.17, 15) is 4.39 Å². The van der Waals surface area contributed by atoms with Crippen molar-refractivity contribution >= 4 is 28.3 Å². The molecule has 0 amide bonds. The number of nitrogens with zero attached hydrogens (tertiary/aromatic N) is 2. The van der Waals surface area contributed by atoms with Gasteiger partial charge in [0.05, 0.1) is 12.5 Å². The van der Waals surface area contributed by atoms with Crippen LogP contribution in [0.2, 0.25) is 5.28 Å². The van der Waals surface area contributed by atoms with E-state index in [1.54, 1.807) is 0 Å². The maximum absolute atomic E-state index is 13.4. The molecule has 0 spiro atoms. The normalized spacial score (nSPS) is 10.6. The van der Waals surface area contributed by atoms with Crippen LogP contribution in [0, 0.1) is 5.82 Å². The zero-order chi connectivity index (χ0) is 11.0. The standard InChI is InChI=1S/C9H7ClFN3O/c1-15-5-3-2-4(11)7-6(5)8(12)14-9(10)13-7/h2-3H,1H3,(H2,12,13,14). The number of hydrogen-bond acceptors (Lipinski definition) is 4. The van der Waals surface area contributed by atoms with Gasteiger partial charge in [0.15, 0.2) is 0 Å². The van der Waals surface area contributed by atoms with Gasteiger partial charge < -0.3 is 10.5 Å². The summed E-state index contributed by atoms with van der Waals surface area (Å²) in [6.45, 7) is 0. The van der Waals surface area contributed by atoms with Gasteiger partial charge in [-0.3, -0.25) is 0 Å². The molecule has 0 unspecified atom stereocenters. The van der Waals surface area contributed by atoms with Crippen LogP contribution in [0.25, 0.3) is 10.9 Å². The Bertz CT molecular complexity index is 532. The third-order valence-electron chi connectivity index (χ3n) is 1.98. The van der Waals surface area contributed by atoms with E-state index in [1.807, 2.05) is 0 Å². The van der Waals surface area contributed by atoms with E-state index in [4.69, 9.17) is 22.1 Å². The van der Waals surface area contributed by atoms with Crippen molar-refractivity contribution in [2.45, 2.75) is 0 Å². The summed E-state index contributed by atoms with van der Waals surface area (Å²) >= 11 is 5.58. The third-order valence-corrected chi connectivity index (χ3v) is 2.15. The van der Waals surface area contributed by atoms with Gasteiger partial charge in [0.2, 0.25) is 5.28 Å². The molecule has 15 heavy (non-hydrogen) atoms. The summed E-state index contributed by atoms with van der Waals surface area (Å²) in [5.41, 5.74) is 5.68. The number of rotatable bonds is 1. The smallest absolute Gasteiger partial charge is 0.225 e. The number of ether oxygens (including phenoxy) is 1. The first-order chi connectivity index (χ1) is 7.13. The Kier molecular flexibility index (Phi) is 2.32. The highest BCUT2D eigenvalue weighted by Crippen LogP contribution is 2.30. The van der Waals surface area contributed by atoms with Crippen LogP contribution in [0.4, 0.5) is 10.2 Å². The van der Waals surface area contributed by atoms with Crippen molar-refractivity contribution in [3.63, 3.8) is 0 Å². The van der Waals surface area contributed by atoms with Crippen LogP contribution in [-0.2, 0) is 0 Å². The molecule has 1 aromatic carbocycles. The highest BCUT2D eigenvalue weighted by atomic mass is 35.5. The zero-order valence-electron chi connectivity index (χ0n) is 7.79. The SMILES string of the molecule is COc1ccc(F)c2nc(Cl)nc(N)c12. The summed E-state index contributed by atoms with van der Waals surface area (Å²) in [6.07, 6.45) is 0. The second-order valence-electron chi connectivity index (χ2n) is 2.85. The third kappa shape index (κ3) is 1.55. The molecule has 0 aliphatic heterocycles. The van der Waals surface area contributed by atoms with Crippen LogP contribution < -0.4 is 10.5 Å². The lowest BCUT2D eigenvalue weighted by Gasteiger charge is -2.07. The number of methoxy groups -OCH3 is 1. The number of nitrogens with two attached hydrogens (primary N) is 1. The average Bonchev–Trinajstić information content (AvgIpc) is 2.19. The van der Waals surface area contributed by atoms with Crippen LogP contribution in [0.5, 0.6) is 5.75 Å². The van der Waals surface area contributed by atoms with Crippen LogP contribution in [0.3, 0.4) is 0 Å². The van der Waals surface area contributed by atoms with E-state index < -0.39 is 5.82 Å². The Morgan fingerprint density at radius 1 is 1.40 bits per heavy atom. The molecule has 78 valence electrons. The molecule has 6 heteroatoms. The van der Waals surface area contributed by atoms with Crippen molar-refractivity contribution in [1.29, 1.82) is 0 Å². The summed E-state index contributed by atoms with van der Waals surface area (Å²) < 4.78 is 18.4. The number of benzene rings is 1. The minimum Gasteiger partial charge on any atom is -0.496 e. The monoisotopic (exact) mass is 227 g/mol. The van der Waals surface area contributed by atoms with Gasteiger partial charge in [-0.15, -0.1) is 0 Å². The van der Waals surface area contributed by atoms with Gasteiger partial charge in [0.1, 0.15) is 22.9 Å². The highest BCUT2D eigenvalue weighted by molar-refractivity contribution is 6.28. The van der Waals surface area contributed by atoms with E-state index in [0.29, 0.717) is 11.1 Å². The lowest BCUT2D eigenvalue weighted by molar-refractivity contribution is 0.419. The predicted octanol–water partition coefficient (Wildman–Crippen LogP) is 2.01. The maximum atomic E-state index is 13.4. The van der Waals surface area contributed by atoms with Crippen molar-refractivity contribution in [3.05, 3.63) is 23.2 Å². The molecule has 4 nitrogen and oxygen atoms in total. The second-order valence-corrected chi connectivity index (χ2v) is 3.19. The van der Waals surface area contributed by atoms with E-state index >= 15 is 0 Å². The summed E-state index contributed by atoms with van der Waals surface area (Å²) in [7, 11) is 1.46. The molecule has 0 saturated carbocycles. The van der Waals surface area contributed by atoms with Crippen molar-refractivity contribution in [2.24, 2.45) is 0 Å². The van der Waals surface area contributed by atoms with Crippen LogP contribution in [-0.4, -0.2) is 17.1 Å². The quantitative estimate of drug-likeness (QED) is 0.757. The molecule has 2 rings (SSSR count). The maximum Gasteiger partial charge on any atom is 0.225 e. The number of halogens is 2. The van der Waals surface area contributed by atoms with E-state index in [0.717, 1.165) is 0 Å². The largest absolute Gasteiger partial charge is 0.496 e. The molecule has 1 heterocycles. The molecule has 0 aliphatic rings. The zero-order valence-corrected chi connectivity index (χ0v) is 8.55. The molecule has 2 aromatic rings. The Morgan fingerprint density at radius 2 is 2.13 bits per heavy atom. The van der Waals surface area contributed by atoms with E-state index in [-0.39, 0.29) is 16.6 Å². The summed E-state index contributed by atoms with van der Waals surface area (Å²) in [4.78, 5) is 7.50. The Balaban J connectivity index is 2.93. The fourth-order valence-electron chi connectivity index (χ4n) is 1.35. The average molecular weight is 228 g/mol. The van der Waals surface area contributed by atoms with Crippen molar-refractivity contribution in [3.8, 4) is 5.75 Å². The number of hydrogen-bond donors (Lipinski definition) is 1. The van der Waals surface area contributed by atoms with Gasteiger partial charge in [0.25, 0.3) is 0 Å². The second kappa shape index (κ2) is 3.51. The summed E-state index contributed by atoms with van der Waals surface area (Å²) in [6, 6.07) is 2.70. The molecule has 0 radical (unpaired) electrons. The first-order valence-corrected chi connectivity index (χ1v) is 4.46. The molecule has 0 fully saturated rings. The van der Waals surface area contributed by atoms with E-state index in [1.165, 1.54) is 19.2 Å². The number of anilines is 1. The van der Waals surface area contributed by atoms with Gasteiger partial charge in [-0.05, 0) is 23.7 Å². The highest BCUT2D eigenvalue weighted by Gasteiger charge is 2.13. The first kappa shape index (κ1) is 9.92. The van der Waals surface area contributed by atoms with Crippen LogP contribution >= 0.6 is 11.6 Å². The van der Waals surface area contributed by atoms with Crippen molar-refractivity contribution in [2.75, 3.05) is 12.8 Å². The Labute approximate surface area is 89.8 Å². The lowest BCUT2D eigenvalue weighted by Crippen LogP contribution is -1.99. The van der Waals surface area contributed by atoms with Crippen LogP contribution in [0.1, 0.15) is 0 Å². The minimum atomic E-state index is -0.512. The lowest BCUT2D eigenvalue weighted by atomic mass is 10.2. The van der Waals surface area contributed by atoms with Crippen molar-refractivity contribution in [1.82, 2.24) is 9.97 Å². The predicted molar refractivity (Wildman–Crippen MR) is 55.5 cm³/mol. The topological polar surface area (TPSA) is 61.0 Å². The molecular formula is C9H7ClFN3O. The summed E-state index contributed by atoms with van der Waals surface area (Å²) in [5.74, 6) is 0.00344. The summed E-state index contributed by atoms with van der Waals surface area (Å²) in [5, 5.41) is 0.244. The molecule has 0 atom stereocenters. The molecule has 0 saturated heterocycles. The molecule has 0 bridgehead atoms. The minimum absolute atomic E-state index is 0.0619.